The lowest BCUT2D eigenvalue weighted by Crippen LogP contribution is -2.13. The molecule has 1 aromatic heterocycles. The van der Waals surface area contributed by atoms with Gasteiger partial charge in [0.25, 0.3) is 0 Å². The first-order chi connectivity index (χ1) is 8.75. The Bertz CT molecular complexity index is 576. The van der Waals surface area contributed by atoms with Crippen LogP contribution in [0.15, 0.2) is 36.5 Å². The molecule has 2 N–H and O–H groups in total. The number of nitrogens with two attached hydrogens (primary N) is 1. The van der Waals surface area contributed by atoms with Gasteiger partial charge >= 0.3 is 0 Å². The summed E-state index contributed by atoms with van der Waals surface area (Å²) in [6, 6.07) is 9.75. The summed E-state index contributed by atoms with van der Waals surface area (Å²) in [7, 11) is 0. The molecule has 1 fully saturated rings. The fourth-order valence-corrected chi connectivity index (χ4v) is 2.59. The van der Waals surface area contributed by atoms with Crippen LogP contribution in [0.3, 0.4) is 0 Å². The molecule has 0 bridgehead atoms. The number of hydrogen-bond acceptors (Lipinski definition) is 2. The smallest absolute Gasteiger partial charge is 0.0669 e. The van der Waals surface area contributed by atoms with E-state index >= 15 is 0 Å². The predicted octanol–water partition coefficient (Wildman–Crippen LogP) is 4.25. The maximum Gasteiger partial charge on any atom is 0.0669 e. The molecule has 3 heteroatoms. The van der Waals surface area contributed by atoms with Crippen LogP contribution in [0.1, 0.15) is 30.9 Å². The van der Waals surface area contributed by atoms with Crippen molar-refractivity contribution in [3.05, 3.63) is 47.2 Å². The minimum atomic E-state index is 0.545. The zero-order chi connectivity index (χ0) is 12.5. The van der Waals surface area contributed by atoms with Gasteiger partial charge in [-0.3, -0.25) is 4.98 Å². The van der Waals surface area contributed by atoms with Gasteiger partial charge in [0.15, 0.2) is 0 Å². The van der Waals surface area contributed by atoms with Gasteiger partial charge in [-0.05, 0) is 36.6 Å². The fraction of sp³-hybridized carbons (Fsp3) is 0.267. The van der Waals surface area contributed by atoms with E-state index in [2.05, 4.69) is 4.98 Å². The summed E-state index contributed by atoms with van der Waals surface area (Å²) in [5.41, 5.74) is 10.2. The summed E-state index contributed by atoms with van der Waals surface area (Å²) in [4.78, 5) is 4.45. The van der Waals surface area contributed by atoms with Crippen LogP contribution in [0.5, 0.6) is 0 Å². The highest BCUT2D eigenvalue weighted by atomic mass is 35.5. The Morgan fingerprint density at radius 3 is 2.72 bits per heavy atom. The summed E-state index contributed by atoms with van der Waals surface area (Å²) >= 11 is 6.03. The second-order valence-corrected chi connectivity index (χ2v) is 5.23. The average molecular weight is 259 g/mol. The number of anilines is 1. The van der Waals surface area contributed by atoms with Crippen molar-refractivity contribution in [3.8, 4) is 11.1 Å². The molecule has 0 spiro atoms. The second kappa shape index (κ2) is 4.62. The van der Waals surface area contributed by atoms with Gasteiger partial charge in [-0.2, -0.15) is 0 Å². The summed E-state index contributed by atoms with van der Waals surface area (Å²) in [6.07, 6.45) is 5.54. The third-order valence-corrected chi connectivity index (χ3v) is 3.88. The molecule has 0 amide bonds. The quantitative estimate of drug-likeness (QED) is 0.875. The molecule has 0 atom stereocenters. The molecule has 1 aliphatic carbocycles. The molecule has 2 nitrogen and oxygen atoms in total. The summed E-state index contributed by atoms with van der Waals surface area (Å²) < 4.78 is 0. The number of pyridine rings is 1. The monoisotopic (exact) mass is 258 g/mol. The van der Waals surface area contributed by atoms with Crippen LogP contribution in [0.25, 0.3) is 11.1 Å². The zero-order valence-electron chi connectivity index (χ0n) is 10.1. The average Bonchev–Trinajstić information content (AvgIpc) is 2.29. The molecular weight excluding hydrogens is 244 g/mol. The summed E-state index contributed by atoms with van der Waals surface area (Å²) in [6.45, 7) is 0. The molecule has 0 unspecified atom stereocenters. The largest absolute Gasteiger partial charge is 0.397 e. The van der Waals surface area contributed by atoms with Gasteiger partial charge in [-0.1, -0.05) is 30.2 Å². The van der Waals surface area contributed by atoms with Crippen molar-refractivity contribution in [3.63, 3.8) is 0 Å². The standard InChI is InChI=1S/C15H15ClN2/c16-12-6-2-5-11(9-12)13-7-8-18-15(14(13)17)10-3-1-4-10/h2,5-10H,1,3-4,17H2. The normalized spacial score (nSPS) is 15.4. The van der Waals surface area contributed by atoms with Gasteiger partial charge in [0.05, 0.1) is 11.4 Å². The highest BCUT2D eigenvalue weighted by molar-refractivity contribution is 6.30. The van der Waals surface area contributed by atoms with Crippen molar-refractivity contribution < 1.29 is 0 Å². The van der Waals surface area contributed by atoms with E-state index in [0.29, 0.717) is 5.92 Å². The molecule has 1 aliphatic rings. The lowest BCUT2D eigenvalue weighted by molar-refractivity contribution is 0.412. The molecule has 92 valence electrons. The Labute approximate surface area is 112 Å². The van der Waals surface area contributed by atoms with Gasteiger partial charge < -0.3 is 5.73 Å². The number of benzene rings is 1. The second-order valence-electron chi connectivity index (χ2n) is 4.80. The number of rotatable bonds is 2. The molecule has 1 heterocycles. The van der Waals surface area contributed by atoms with Gasteiger partial charge in [0, 0.05) is 22.7 Å². The van der Waals surface area contributed by atoms with Crippen LogP contribution in [0, 0.1) is 0 Å². The van der Waals surface area contributed by atoms with Crippen LogP contribution >= 0.6 is 11.6 Å². The molecule has 3 rings (SSSR count). The lowest BCUT2D eigenvalue weighted by atomic mass is 9.81. The summed E-state index contributed by atoms with van der Waals surface area (Å²) in [5.74, 6) is 0.545. The molecule has 18 heavy (non-hydrogen) atoms. The first-order valence-corrected chi connectivity index (χ1v) is 6.64. The first kappa shape index (κ1) is 11.5. The SMILES string of the molecule is Nc1c(-c2cccc(Cl)c2)ccnc1C1CCC1. The van der Waals surface area contributed by atoms with Crippen molar-refractivity contribution >= 4 is 17.3 Å². The number of halogens is 1. The Balaban J connectivity index is 2.06. The highest BCUT2D eigenvalue weighted by Crippen LogP contribution is 2.40. The Morgan fingerprint density at radius 1 is 1.22 bits per heavy atom. The minimum Gasteiger partial charge on any atom is -0.397 e. The van der Waals surface area contributed by atoms with Crippen LogP contribution in [0.2, 0.25) is 5.02 Å². The predicted molar refractivity (Wildman–Crippen MR) is 75.7 cm³/mol. The van der Waals surface area contributed by atoms with Crippen LogP contribution in [-0.4, -0.2) is 4.98 Å². The Kier molecular flexibility index (Phi) is 2.96. The van der Waals surface area contributed by atoms with E-state index in [0.717, 1.165) is 27.5 Å². The molecular formula is C15H15ClN2. The van der Waals surface area contributed by atoms with E-state index in [-0.39, 0.29) is 0 Å². The zero-order valence-corrected chi connectivity index (χ0v) is 10.8. The number of hydrogen-bond donors (Lipinski definition) is 1. The third-order valence-electron chi connectivity index (χ3n) is 3.65. The van der Waals surface area contributed by atoms with Crippen LogP contribution in [0.4, 0.5) is 5.69 Å². The molecule has 0 aliphatic heterocycles. The Hall–Kier alpha value is -1.54. The van der Waals surface area contributed by atoms with Crippen molar-refractivity contribution in [2.24, 2.45) is 0 Å². The highest BCUT2D eigenvalue weighted by Gasteiger charge is 2.24. The van der Waals surface area contributed by atoms with Crippen LogP contribution in [-0.2, 0) is 0 Å². The molecule has 0 saturated heterocycles. The summed E-state index contributed by atoms with van der Waals surface area (Å²) in [5, 5.41) is 0.730. The van der Waals surface area contributed by atoms with Gasteiger partial charge in [-0.25, -0.2) is 0 Å². The van der Waals surface area contributed by atoms with E-state index in [4.69, 9.17) is 17.3 Å². The molecule has 1 saturated carbocycles. The van der Waals surface area contributed by atoms with E-state index in [1.165, 1.54) is 19.3 Å². The van der Waals surface area contributed by atoms with Crippen molar-refractivity contribution in [2.75, 3.05) is 5.73 Å². The van der Waals surface area contributed by atoms with Gasteiger partial charge in [0.2, 0.25) is 0 Å². The van der Waals surface area contributed by atoms with E-state index in [1.807, 2.05) is 36.5 Å². The number of nitrogens with zero attached hydrogens (tertiary/aromatic N) is 1. The van der Waals surface area contributed by atoms with E-state index in [1.54, 1.807) is 0 Å². The minimum absolute atomic E-state index is 0.545. The van der Waals surface area contributed by atoms with E-state index < -0.39 is 0 Å². The lowest BCUT2D eigenvalue weighted by Gasteiger charge is -2.26. The van der Waals surface area contributed by atoms with Crippen LogP contribution < -0.4 is 5.73 Å². The molecule has 2 aromatic rings. The maximum atomic E-state index is 6.27. The van der Waals surface area contributed by atoms with Gasteiger partial charge in [-0.15, -0.1) is 0 Å². The molecule has 0 radical (unpaired) electrons. The third kappa shape index (κ3) is 1.97. The number of aromatic nitrogens is 1. The first-order valence-electron chi connectivity index (χ1n) is 6.26. The fourth-order valence-electron chi connectivity index (χ4n) is 2.40. The van der Waals surface area contributed by atoms with Crippen molar-refractivity contribution in [1.82, 2.24) is 4.98 Å². The topological polar surface area (TPSA) is 38.9 Å². The van der Waals surface area contributed by atoms with Crippen molar-refractivity contribution in [2.45, 2.75) is 25.2 Å². The maximum absolute atomic E-state index is 6.27. The van der Waals surface area contributed by atoms with Gasteiger partial charge in [0.1, 0.15) is 0 Å². The molecule has 1 aromatic carbocycles. The Morgan fingerprint density at radius 2 is 2.06 bits per heavy atom. The van der Waals surface area contributed by atoms with Crippen molar-refractivity contribution in [1.29, 1.82) is 0 Å². The van der Waals surface area contributed by atoms with E-state index in [9.17, 15) is 0 Å². The number of nitrogen functional groups attached to an aromatic ring is 1.